The average molecular weight is 543 g/mol. The maximum Gasteiger partial charge on any atom is 0.136 e. The number of para-hydroxylation sites is 2. The van der Waals surface area contributed by atoms with Gasteiger partial charge in [0.2, 0.25) is 0 Å². The van der Waals surface area contributed by atoms with Crippen molar-refractivity contribution in [3.63, 3.8) is 0 Å². The fraction of sp³-hybridized carbons (Fsp3) is 0.128. The minimum absolute atomic E-state index is 0.0643. The molecule has 3 heterocycles. The van der Waals surface area contributed by atoms with E-state index in [1.807, 2.05) is 6.07 Å². The highest BCUT2D eigenvalue weighted by Gasteiger charge is 2.44. The summed E-state index contributed by atoms with van der Waals surface area (Å²) in [5.74, 6) is 0. The molecule has 1 aliphatic carbocycles. The van der Waals surface area contributed by atoms with Crippen molar-refractivity contribution in [1.82, 2.24) is 9.88 Å². The molecule has 1 atom stereocenters. The quantitative estimate of drug-likeness (QED) is 0.236. The molecular formula is C39H30N2O. The molecular weight excluding hydrogens is 512 g/mol. The van der Waals surface area contributed by atoms with E-state index < -0.39 is 0 Å². The Morgan fingerprint density at radius 1 is 0.643 bits per heavy atom. The molecule has 1 unspecified atom stereocenters. The molecule has 9 rings (SSSR count). The molecule has 0 spiro atoms. The number of nitrogens with one attached hydrogen (secondary N) is 1. The molecule has 2 aromatic heterocycles. The zero-order chi connectivity index (χ0) is 28.2. The number of rotatable bonds is 2. The summed E-state index contributed by atoms with van der Waals surface area (Å²) in [7, 11) is 0. The minimum atomic E-state index is -0.155. The summed E-state index contributed by atoms with van der Waals surface area (Å²) < 4.78 is 8.86. The smallest absolute Gasteiger partial charge is 0.136 e. The normalized spacial score (nSPS) is 17.8. The van der Waals surface area contributed by atoms with Gasteiger partial charge in [-0.1, -0.05) is 105 Å². The van der Waals surface area contributed by atoms with Crippen LogP contribution in [0.5, 0.6) is 0 Å². The summed E-state index contributed by atoms with van der Waals surface area (Å²) in [5.41, 5.74) is 13.3. The summed E-state index contributed by atoms with van der Waals surface area (Å²) in [6.07, 6.45) is -0.0643. The maximum absolute atomic E-state index is 6.34. The number of allylic oxidation sites excluding steroid dienone is 3. The molecule has 5 aromatic carbocycles. The van der Waals surface area contributed by atoms with E-state index in [1.165, 1.54) is 66.3 Å². The van der Waals surface area contributed by atoms with Gasteiger partial charge in [0.15, 0.2) is 0 Å². The van der Waals surface area contributed by atoms with Gasteiger partial charge in [-0.3, -0.25) is 0 Å². The molecule has 0 radical (unpaired) electrons. The van der Waals surface area contributed by atoms with Crippen LogP contribution in [0.2, 0.25) is 0 Å². The first-order valence-corrected chi connectivity index (χ1v) is 14.7. The van der Waals surface area contributed by atoms with Gasteiger partial charge in [0, 0.05) is 38.2 Å². The summed E-state index contributed by atoms with van der Waals surface area (Å²) in [6, 6.07) is 41.5. The Labute approximate surface area is 244 Å². The molecule has 0 saturated heterocycles. The number of aromatic nitrogens is 1. The van der Waals surface area contributed by atoms with E-state index in [-0.39, 0.29) is 11.6 Å². The van der Waals surface area contributed by atoms with Gasteiger partial charge in [0.25, 0.3) is 0 Å². The van der Waals surface area contributed by atoms with Gasteiger partial charge in [-0.15, -0.1) is 0 Å². The van der Waals surface area contributed by atoms with Crippen LogP contribution in [0.4, 0.5) is 0 Å². The van der Waals surface area contributed by atoms with Crippen LogP contribution in [0.3, 0.4) is 0 Å². The number of fused-ring (bicyclic) bond motifs is 9. The van der Waals surface area contributed by atoms with Crippen LogP contribution >= 0.6 is 0 Å². The lowest BCUT2D eigenvalue weighted by Crippen LogP contribution is -2.37. The van der Waals surface area contributed by atoms with Crippen LogP contribution in [0.1, 0.15) is 43.6 Å². The van der Waals surface area contributed by atoms with Gasteiger partial charge in [-0.2, -0.15) is 0 Å². The van der Waals surface area contributed by atoms with E-state index in [1.54, 1.807) is 0 Å². The molecule has 0 bridgehead atoms. The lowest BCUT2D eigenvalue weighted by molar-refractivity contribution is 0.471. The van der Waals surface area contributed by atoms with Crippen molar-refractivity contribution in [2.45, 2.75) is 32.4 Å². The number of benzene rings is 5. The second kappa shape index (κ2) is 8.27. The Kier molecular flexibility index (Phi) is 4.66. The van der Waals surface area contributed by atoms with Crippen LogP contribution in [0.15, 0.2) is 131 Å². The molecule has 202 valence electrons. The third kappa shape index (κ3) is 2.95. The van der Waals surface area contributed by atoms with E-state index in [9.17, 15) is 0 Å². The molecule has 0 saturated carbocycles. The zero-order valence-electron chi connectivity index (χ0n) is 23.9. The fourth-order valence-electron chi connectivity index (χ4n) is 7.74. The molecule has 2 aliphatic rings. The molecule has 3 nitrogen and oxygen atoms in total. The van der Waals surface area contributed by atoms with E-state index in [0.29, 0.717) is 0 Å². The third-order valence-corrected chi connectivity index (χ3v) is 9.61. The van der Waals surface area contributed by atoms with Gasteiger partial charge in [-0.05, 0) is 59.0 Å². The Hall–Kier alpha value is -5.02. The summed E-state index contributed by atoms with van der Waals surface area (Å²) in [6.45, 7) is 7.02. The van der Waals surface area contributed by atoms with Gasteiger partial charge in [-0.25, -0.2) is 0 Å². The lowest BCUT2D eigenvalue weighted by atomic mass is 9.82. The predicted molar refractivity (Wildman–Crippen MR) is 174 cm³/mol. The highest BCUT2D eigenvalue weighted by atomic mass is 16.3. The Bertz CT molecular complexity index is 2310. The number of furan rings is 1. The van der Waals surface area contributed by atoms with Crippen molar-refractivity contribution < 1.29 is 4.42 Å². The third-order valence-electron chi connectivity index (χ3n) is 9.61. The highest BCUT2D eigenvalue weighted by molar-refractivity contribution is 6.27. The van der Waals surface area contributed by atoms with Crippen molar-refractivity contribution in [2.75, 3.05) is 0 Å². The van der Waals surface area contributed by atoms with Gasteiger partial charge in [0.1, 0.15) is 17.3 Å². The SMILES string of the molecule is CC1=C(c2ccccc2)C2=C(NC1n1c3ccccc3c3c4c(ccc31)oc1ccccc14)C(C)(C)c1ccccc12. The Morgan fingerprint density at radius 2 is 1.36 bits per heavy atom. The van der Waals surface area contributed by atoms with Gasteiger partial charge in [0.05, 0.1) is 11.0 Å². The highest BCUT2D eigenvalue weighted by Crippen LogP contribution is 2.55. The largest absolute Gasteiger partial charge is 0.456 e. The molecule has 42 heavy (non-hydrogen) atoms. The molecule has 0 amide bonds. The Morgan fingerprint density at radius 3 is 2.21 bits per heavy atom. The summed E-state index contributed by atoms with van der Waals surface area (Å²) >= 11 is 0. The van der Waals surface area contributed by atoms with Crippen molar-refractivity contribution >= 4 is 54.9 Å². The first kappa shape index (κ1) is 23.7. The van der Waals surface area contributed by atoms with Crippen LogP contribution in [-0.2, 0) is 5.41 Å². The van der Waals surface area contributed by atoms with Crippen molar-refractivity contribution in [3.05, 3.63) is 143 Å². The minimum Gasteiger partial charge on any atom is -0.456 e. The van der Waals surface area contributed by atoms with E-state index >= 15 is 0 Å². The van der Waals surface area contributed by atoms with Crippen molar-refractivity contribution in [3.8, 4) is 0 Å². The first-order valence-electron chi connectivity index (χ1n) is 14.7. The van der Waals surface area contributed by atoms with Crippen molar-refractivity contribution in [2.24, 2.45) is 0 Å². The first-order chi connectivity index (χ1) is 20.5. The predicted octanol–water partition coefficient (Wildman–Crippen LogP) is 9.97. The molecule has 3 heteroatoms. The molecule has 1 aliphatic heterocycles. The van der Waals surface area contributed by atoms with E-state index in [0.717, 1.165) is 16.6 Å². The second-order valence-corrected chi connectivity index (χ2v) is 12.2. The zero-order valence-corrected chi connectivity index (χ0v) is 23.9. The van der Waals surface area contributed by atoms with Crippen LogP contribution in [0.25, 0.3) is 54.9 Å². The van der Waals surface area contributed by atoms with E-state index in [4.69, 9.17) is 4.42 Å². The van der Waals surface area contributed by atoms with Crippen LogP contribution < -0.4 is 5.32 Å². The summed E-state index contributed by atoms with van der Waals surface area (Å²) in [4.78, 5) is 0. The summed E-state index contributed by atoms with van der Waals surface area (Å²) in [5, 5.41) is 8.97. The second-order valence-electron chi connectivity index (χ2n) is 12.2. The monoisotopic (exact) mass is 542 g/mol. The maximum atomic E-state index is 6.34. The molecule has 1 N–H and O–H groups in total. The van der Waals surface area contributed by atoms with Gasteiger partial charge < -0.3 is 14.3 Å². The number of dihydropyridines is 1. The topological polar surface area (TPSA) is 30.1 Å². The molecule has 7 aromatic rings. The Balaban J connectivity index is 1.39. The van der Waals surface area contributed by atoms with Crippen LogP contribution in [0, 0.1) is 0 Å². The van der Waals surface area contributed by atoms with E-state index in [2.05, 4.69) is 140 Å². The average Bonchev–Trinajstić information content (AvgIpc) is 3.63. The fourth-order valence-corrected chi connectivity index (χ4v) is 7.74. The number of hydrogen-bond acceptors (Lipinski definition) is 2. The molecule has 0 fully saturated rings. The standard InChI is InChI=1S/C39H30N2O/c1-23-33(24-13-5-4-6-14-24)36-25-15-7-10-18-28(25)39(2,3)37(36)40-38(23)41-29-19-11-8-16-26(29)34-30(41)21-22-32-35(34)27-17-9-12-20-31(27)42-32/h4-22,38,40H,1-3H3. The number of hydrogen-bond donors (Lipinski definition) is 1. The number of nitrogens with zero attached hydrogens (tertiary/aromatic N) is 1. The van der Waals surface area contributed by atoms with Crippen LogP contribution in [-0.4, -0.2) is 4.57 Å². The lowest BCUT2D eigenvalue weighted by Gasteiger charge is -2.37. The van der Waals surface area contributed by atoms with Crippen molar-refractivity contribution in [1.29, 1.82) is 0 Å². The van der Waals surface area contributed by atoms with Gasteiger partial charge >= 0.3 is 0 Å².